The Labute approximate surface area is 123 Å². The summed E-state index contributed by atoms with van der Waals surface area (Å²) in [6, 6.07) is 11.3. The second kappa shape index (κ2) is 6.54. The smallest absolute Gasteiger partial charge is 0.252 e. The number of rotatable bonds is 4. The number of piperidine rings is 1. The molecule has 1 aromatic carbocycles. The van der Waals surface area contributed by atoms with Crippen LogP contribution in [-0.2, 0) is 0 Å². The third-order valence-electron chi connectivity index (χ3n) is 3.77. The van der Waals surface area contributed by atoms with Gasteiger partial charge in [-0.05, 0) is 31.8 Å². The Morgan fingerprint density at radius 1 is 1.29 bits per heavy atom. The van der Waals surface area contributed by atoms with E-state index in [4.69, 9.17) is 0 Å². The van der Waals surface area contributed by atoms with Gasteiger partial charge in [-0.15, -0.1) is 0 Å². The van der Waals surface area contributed by atoms with E-state index in [0.29, 0.717) is 17.6 Å². The van der Waals surface area contributed by atoms with Gasteiger partial charge in [0.15, 0.2) is 0 Å². The van der Waals surface area contributed by atoms with Gasteiger partial charge in [0.05, 0.1) is 5.69 Å². The number of benzene rings is 1. The van der Waals surface area contributed by atoms with E-state index >= 15 is 0 Å². The first-order chi connectivity index (χ1) is 10.3. The first kappa shape index (κ1) is 13.8. The van der Waals surface area contributed by atoms with Crippen LogP contribution >= 0.6 is 0 Å². The summed E-state index contributed by atoms with van der Waals surface area (Å²) in [5.74, 6) is 1.14. The van der Waals surface area contributed by atoms with Crippen molar-refractivity contribution in [3.05, 3.63) is 46.8 Å². The fourth-order valence-corrected chi connectivity index (χ4v) is 2.64. The highest BCUT2D eigenvalue weighted by Gasteiger charge is 2.13. The fraction of sp³-hybridized carbons (Fsp3) is 0.375. The molecule has 1 atom stereocenters. The molecule has 5 heteroatoms. The van der Waals surface area contributed by atoms with Crippen LogP contribution < -0.4 is 16.2 Å². The van der Waals surface area contributed by atoms with Gasteiger partial charge in [0.1, 0.15) is 0 Å². The molecule has 21 heavy (non-hydrogen) atoms. The van der Waals surface area contributed by atoms with Gasteiger partial charge >= 0.3 is 0 Å². The molecule has 0 saturated carbocycles. The predicted molar refractivity (Wildman–Crippen MR) is 84.4 cm³/mol. The summed E-state index contributed by atoms with van der Waals surface area (Å²) in [5.41, 5.74) is 1.52. The lowest BCUT2D eigenvalue weighted by atomic mass is 10.00. The normalized spacial score (nSPS) is 18.4. The van der Waals surface area contributed by atoms with Crippen molar-refractivity contribution in [2.45, 2.75) is 12.8 Å². The molecule has 0 radical (unpaired) electrons. The van der Waals surface area contributed by atoms with Crippen LogP contribution in [0.2, 0.25) is 0 Å². The standard InChI is InChI=1S/C16H20N4O/c21-15-9-14(13-6-2-1-3-7-13)19-16(20-15)18-11-12-5-4-8-17-10-12/h1-3,6-7,9,12,17H,4-5,8,10-11H2,(H2,18,19,20,21). The first-order valence-electron chi connectivity index (χ1n) is 7.42. The van der Waals surface area contributed by atoms with Crippen LogP contribution in [0.4, 0.5) is 5.95 Å². The molecule has 1 unspecified atom stereocenters. The molecule has 0 spiro atoms. The second-order valence-corrected chi connectivity index (χ2v) is 5.44. The zero-order chi connectivity index (χ0) is 14.5. The summed E-state index contributed by atoms with van der Waals surface area (Å²) < 4.78 is 0. The number of hydrogen-bond acceptors (Lipinski definition) is 4. The van der Waals surface area contributed by atoms with Crippen molar-refractivity contribution in [2.75, 3.05) is 25.0 Å². The largest absolute Gasteiger partial charge is 0.355 e. The minimum atomic E-state index is -0.131. The number of hydrogen-bond donors (Lipinski definition) is 3. The van der Waals surface area contributed by atoms with Crippen molar-refractivity contribution in [3.63, 3.8) is 0 Å². The van der Waals surface area contributed by atoms with E-state index in [-0.39, 0.29) is 5.56 Å². The Balaban J connectivity index is 1.73. The molecule has 0 aliphatic carbocycles. The molecule has 110 valence electrons. The van der Waals surface area contributed by atoms with Gasteiger partial charge in [0.2, 0.25) is 5.95 Å². The molecule has 0 amide bonds. The molecule has 2 heterocycles. The average Bonchev–Trinajstić information content (AvgIpc) is 2.54. The van der Waals surface area contributed by atoms with Crippen LogP contribution in [0.25, 0.3) is 11.3 Å². The van der Waals surface area contributed by atoms with E-state index in [1.54, 1.807) is 0 Å². The van der Waals surface area contributed by atoms with Crippen LogP contribution in [0, 0.1) is 5.92 Å². The fourth-order valence-electron chi connectivity index (χ4n) is 2.64. The predicted octanol–water partition coefficient (Wildman–Crippen LogP) is 1.85. The number of H-pyrrole nitrogens is 1. The summed E-state index contributed by atoms with van der Waals surface area (Å²) in [6.07, 6.45) is 2.42. The molecule has 5 nitrogen and oxygen atoms in total. The first-order valence-corrected chi connectivity index (χ1v) is 7.42. The molecule has 0 bridgehead atoms. The lowest BCUT2D eigenvalue weighted by Gasteiger charge is -2.23. The second-order valence-electron chi connectivity index (χ2n) is 5.44. The van der Waals surface area contributed by atoms with Crippen LogP contribution in [0.15, 0.2) is 41.2 Å². The molecular formula is C16H20N4O. The third-order valence-corrected chi connectivity index (χ3v) is 3.77. The summed E-state index contributed by atoms with van der Waals surface area (Å²) in [6.45, 7) is 2.96. The van der Waals surface area contributed by atoms with E-state index in [0.717, 1.165) is 25.2 Å². The van der Waals surface area contributed by atoms with Crippen LogP contribution in [-0.4, -0.2) is 29.6 Å². The van der Waals surface area contributed by atoms with Crippen molar-refractivity contribution < 1.29 is 0 Å². The van der Waals surface area contributed by atoms with E-state index in [1.165, 1.54) is 18.9 Å². The highest BCUT2D eigenvalue weighted by Crippen LogP contribution is 2.16. The van der Waals surface area contributed by atoms with Crippen LogP contribution in [0.3, 0.4) is 0 Å². The number of nitrogens with zero attached hydrogens (tertiary/aromatic N) is 1. The molecule has 3 rings (SSSR count). The average molecular weight is 284 g/mol. The Kier molecular flexibility index (Phi) is 4.31. The highest BCUT2D eigenvalue weighted by molar-refractivity contribution is 5.59. The Morgan fingerprint density at radius 2 is 2.14 bits per heavy atom. The maximum absolute atomic E-state index is 11.8. The Hall–Kier alpha value is -2.14. The molecule has 3 N–H and O–H groups in total. The number of nitrogens with one attached hydrogen (secondary N) is 3. The number of anilines is 1. The van der Waals surface area contributed by atoms with Gasteiger partial charge in [0, 0.05) is 18.2 Å². The van der Waals surface area contributed by atoms with Gasteiger partial charge in [-0.25, -0.2) is 4.98 Å². The number of aromatic amines is 1. The highest BCUT2D eigenvalue weighted by atomic mass is 16.1. The van der Waals surface area contributed by atoms with Gasteiger partial charge in [0.25, 0.3) is 5.56 Å². The zero-order valence-electron chi connectivity index (χ0n) is 11.9. The van der Waals surface area contributed by atoms with Crippen molar-refractivity contribution in [3.8, 4) is 11.3 Å². The number of aromatic nitrogens is 2. The maximum atomic E-state index is 11.8. The Bertz CT molecular complexity index is 632. The summed E-state index contributed by atoms with van der Waals surface area (Å²) >= 11 is 0. The molecule has 1 aliphatic rings. The molecule has 2 aromatic rings. The SMILES string of the molecule is O=c1cc(-c2ccccc2)nc(NCC2CCCNC2)[nH]1. The molecule has 1 fully saturated rings. The minimum absolute atomic E-state index is 0.131. The van der Waals surface area contributed by atoms with E-state index in [9.17, 15) is 4.79 Å². The third kappa shape index (κ3) is 3.70. The van der Waals surface area contributed by atoms with E-state index < -0.39 is 0 Å². The molecule has 1 saturated heterocycles. The van der Waals surface area contributed by atoms with Crippen molar-refractivity contribution in [1.29, 1.82) is 0 Å². The van der Waals surface area contributed by atoms with Gasteiger partial charge in [-0.2, -0.15) is 0 Å². The van der Waals surface area contributed by atoms with Gasteiger partial charge in [-0.3, -0.25) is 9.78 Å². The summed E-state index contributed by atoms with van der Waals surface area (Å²) in [7, 11) is 0. The zero-order valence-corrected chi connectivity index (χ0v) is 11.9. The molecule has 1 aliphatic heterocycles. The van der Waals surface area contributed by atoms with Crippen molar-refractivity contribution in [1.82, 2.24) is 15.3 Å². The quantitative estimate of drug-likeness (QED) is 0.801. The maximum Gasteiger partial charge on any atom is 0.252 e. The summed E-state index contributed by atoms with van der Waals surface area (Å²) in [5, 5.41) is 6.65. The van der Waals surface area contributed by atoms with E-state index in [1.807, 2.05) is 30.3 Å². The summed E-state index contributed by atoms with van der Waals surface area (Å²) in [4.78, 5) is 19.0. The molecule has 1 aromatic heterocycles. The topological polar surface area (TPSA) is 69.8 Å². The minimum Gasteiger partial charge on any atom is -0.355 e. The lowest BCUT2D eigenvalue weighted by molar-refractivity contribution is 0.392. The van der Waals surface area contributed by atoms with Crippen molar-refractivity contribution in [2.24, 2.45) is 5.92 Å². The van der Waals surface area contributed by atoms with Crippen molar-refractivity contribution >= 4 is 5.95 Å². The van der Waals surface area contributed by atoms with Crippen LogP contribution in [0.5, 0.6) is 0 Å². The van der Waals surface area contributed by atoms with Crippen LogP contribution in [0.1, 0.15) is 12.8 Å². The van der Waals surface area contributed by atoms with E-state index in [2.05, 4.69) is 20.6 Å². The van der Waals surface area contributed by atoms with Gasteiger partial charge < -0.3 is 10.6 Å². The lowest BCUT2D eigenvalue weighted by Crippen LogP contribution is -2.34. The Morgan fingerprint density at radius 3 is 2.90 bits per heavy atom. The molecular weight excluding hydrogens is 264 g/mol. The monoisotopic (exact) mass is 284 g/mol. The van der Waals surface area contributed by atoms with Gasteiger partial charge in [-0.1, -0.05) is 30.3 Å².